The number of para-hydroxylation sites is 3. The van der Waals surface area contributed by atoms with Crippen molar-refractivity contribution in [2.24, 2.45) is 0 Å². The molecule has 0 unspecified atom stereocenters. The first-order chi connectivity index (χ1) is 7.93. The van der Waals surface area contributed by atoms with Gasteiger partial charge < -0.3 is 10.1 Å². The Labute approximate surface area is 94.9 Å². The molecule has 0 saturated heterocycles. The second kappa shape index (κ2) is 3.89. The van der Waals surface area contributed by atoms with Crippen molar-refractivity contribution in [2.45, 2.75) is 6.42 Å². The Morgan fingerprint density at radius 3 is 2.56 bits per heavy atom. The van der Waals surface area contributed by atoms with Gasteiger partial charge in [-0.15, -0.1) is 0 Å². The molecule has 0 aromatic heterocycles. The number of hydrogen-bond donors (Lipinski definition) is 1. The van der Waals surface area contributed by atoms with Crippen LogP contribution in [0.4, 0.5) is 11.4 Å². The summed E-state index contributed by atoms with van der Waals surface area (Å²) in [5.41, 5.74) is 3.52. The molecule has 0 radical (unpaired) electrons. The first-order valence-corrected chi connectivity index (χ1v) is 5.50. The highest BCUT2D eigenvalue weighted by molar-refractivity contribution is 5.69. The second-order valence-corrected chi connectivity index (χ2v) is 3.88. The summed E-state index contributed by atoms with van der Waals surface area (Å²) in [6.07, 6.45) is 0.942. The molecular weight excluding hydrogens is 198 g/mol. The molecule has 0 atom stereocenters. The standard InChI is InChI=1S/C14H13NO/c1-2-6-12-11(5-1)9-10-16-14-8-4-3-7-13(14)15-12/h1-8,15H,9-10H2. The van der Waals surface area contributed by atoms with Crippen molar-refractivity contribution in [3.8, 4) is 5.75 Å². The highest BCUT2D eigenvalue weighted by Crippen LogP contribution is 2.31. The smallest absolute Gasteiger partial charge is 0.142 e. The van der Waals surface area contributed by atoms with Gasteiger partial charge in [0.15, 0.2) is 0 Å². The van der Waals surface area contributed by atoms with Gasteiger partial charge in [-0.25, -0.2) is 0 Å². The maximum absolute atomic E-state index is 5.72. The Bertz CT molecular complexity index is 462. The summed E-state index contributed by atoms with van der Waals surface area (Å²) < 4.78 is 5.72. The van der Waals surface area contributed by atoms with Gasteiger partial charge in [-0.1, -0.05) is 30.3 Å². The average molecular weight is 211 g/mol. The lowest BCUT2D eigenvalue weighted by Gasteiger charge is -2.19. The zero-order chi connectivity index (χ0) is 10.8. The van der Waals surface area contributed by atoms with Gasteiger partial charge in [0.1, 0.15) is 5.75 Å². The molecule has 1 aliphatic heterocycles. The van der Waals surface area contributed by atoms with Crippen LogP contribution >= 0.6 is 0 Å². The Hall–Kier alpha value is -1.96. The molecule has 80 valence electrons. The Kier molecular flexibility index (Phi) is 2.26. The average Bonchev–Trinajstić information content (AvgIpc) is 2.29. The number of nitrogens with one attached hydrogen (secondary N) is 1. The van der Waals surface area contributed by atoms with Crippen LogP contribution in [0, 0.1) is 0 Å². The first kappa shape index (κ1) is 9.28. The van der Waals surface area contributed by atoms with Gasteiger partial charge in [0.05, 0.1) is 12.3 Å². The van der Waals surface area contributed by atoms with E-state index in [1.807, 2.05) is 24.3 Å². The molecule has 2 heteroatoms. The van der Waals surface area contributed by atoms with E-state index in [0.717, 1.165) is 24.5 Å². The van der Waals surface area contributed by atoms with Crippen LogP contribution in [0.15, 0.2) is 48.5 Å². The lowest BCUT2D eigenvalue weighted by Crippen LogP contribution is -2.08. The SMILES string of the molecule is c1ccc2c(c1)CCOc1ccccc1N2. The van der Waals surface area contributed by atoms with Crippen LogP contribution < -0.4 is 10.1 Å². The molecule has 3 rings (SSSR count). The molecule has 1 heterocycles. The third-order valence-electron chi connectivity index (χ3n) is 2.80. The van der Waals surface area contributed by atoms with Gasteiger partial charge in [0, 0.05) is 12.1 Å². The zero-order valence-corrected chi connectivity index (χ0v) is 8.94. The highest BCUT2D eigenvalue weighted by atomic mass is 16.5. The van der Waals surface area contributed by atoms with E-state index in [1.165, 1.54) is 11.3 Å². The van der Waals surface area contributed by atoms with E-state index in [0.29, 0.717) is 0 Å². The van der Waals surface area contributed by atoms with Crippen molar-refractivity contribution in [3.05, 3.63) is 54.1 Å². The first-order valence-electron chi connectivity index (χ1n) is 5.50. The minimum absolute atomic E-state index is 0.732. The largest absolute Gasteiger partial charge is 0.491 e. The van der Waals surface area contributed by atoms with Crippen molar-refractivity contribution in [1.82, 2.24) is 0 Å². The van der Waals surface area contributed by atoms with Crippen molar-refractivity contribution >= 4 is 11.4 Å². The topological polar surface area (TPSA) is 21.3 Å². The number of fused-ring (bicyclic) bond motifs is 2. The molecule has 0 fully saturated rings. The summed E-state index contributed by atoms with van der Waals surface area (Å²) >= 11 is 0. The highest BCUT2D eigenvalue weighted by Gasteiger charge is 2.10. The van der Waals surface area contributed by atoms with Gasteiger partial charge in [-0.2, -0.15) is 0 Å². The summed E-state index contributed by atoms with van der Waals surface area (Å²) in [5, 5.41) is 3.42. The second-order valence-electron chi connectivity index (χ2n) is 3.88. The van der Waals surface area contributed by atoms with Crippen molar-refractivity contribution in [2.75, 3.05) is 11.9 Å². The van der Waals surface area contributed by atoms with Crippen LogP contribution in [-0.2, 0) is 6.42 Å². The molecule has 2 aromatic rings. The number of rotatable bonds is 0. The predicted molar refractivity (Wildman–Crippen MR) is 65.4 cm³/mol. The van der Waals surface area contributed by atoms with Crippen LogP contribution in [0.3, 0.4) is 0 Å². The minimum atomic E-state index is 0.732. The van der Waals surface area contributed by atoms with Gasteiger partial charge in [0.2, 0.25) is 0 Å². The van der Waals surface area contributed by atoms with E-state index in [2.05, 4.69) is 29.6 Å². The fraction of sp³-hybridized carbons (Fsp3) is 0.143. The third-order valence-corrected chi connectivity index (χ3v) is 2.80. The van der Waals surface area contributed by atoms with Gasteiger partial charge in [-0.05, 0) is 23.8 Å². The molecule has 0 spiro atoms. The summed E-state index contributed by atoms with van der Waals surface area (Å²) in [6.45, 7) is 0.732. The Morgan fingerprint density at radius 1 is 0.875 bits per heavy atom. The predicted octanol–water partition coefficient (Wildman–Crippen LogP) is 3.37. The quantitative estimate of drug-likeness (QED) is 0.721. The molecule has 1 aliphatic rings. The molecule has 2 aromatic carbocycles. The van der Waals surface area contributed by atoms with Crippen molar-refractivity contribution in [1.29, 1.82) is 0 Å². The number of benzene rings is 2. The molecule has 1 N–H and O–H groups in total. The molecular formula is C14H13NO. The molecule has 16 heavy (non-hydrogen) atoms. The normalized spacial score (nSPS) is 13.5. The zero-order valence-electron chi connectivity index (χ0n) is 8.94. The lowest BCUT2D eigenvalue weighted by atomic mass is 10.1. The summed E-state index contributed by atoms with van der Waals surface area (Å²) in [7, 11) is 0. The number of anilines is 2. The van der Waals surface area contributed by atoms with Crippen LogP contribution in [0.5, 0.6) is 5.75 Å². The van der Waals surface area contributed by atoms with E-state index in [4.69, 9.17) is 4.74 Å². The van der Waals surface area contributed by atoms with E-state index in [-0.39, 0.29) is 0 Å². The molecule has 0 bridgehead atoms. The lowest BCUT2D eigenvalue weighted by molar-refractivity contribution is 0.322. The monoisotopic (exact) mass is 211 g/mol. The fourth-order valence-electron chi connectivity index (χ4n) is 1.97. The molecule has 0 aliphatic carbocycles. The van der Waals surface area contributed by atoms with E-state index in [9.17, 15) is 0 Å². The summed E-state index contributed by atoms with van der Waals surface area (Å²) in [6, 6.07) is 16.4. The Balaban J connectivity index is 2.06. The maximum atomic E-state index is 5.72. The molecule has 2 nitrogen and oxygen atoms in total. The third kappa shape index (κ3) is 1.63. The summed E-state index contributed by atoms with van der Waals surface area (Å²) in [5.74, 6) is 0.928. The van der Waals surface area contributed by atoms with Crippen molar-refractivity contribution < 1.29 is 4.74 Å². The summed E-state index contributed by atoms with van der Waals surface area (Å²) in [4.78, 5) is 0. The minimum Gasteiger partial charge on any atom is -0.491 e. The van der Waals surface area contributed by atoms with Crippen LogP contribution in [-0.4, -0.2) is 6.61 Å². The Morgan fingerprint density at radius 2 is 1.62 bits per heavy atom. The van der Waals surface area contributed by atoms with Crippen molar-refractivity contribution in [3.63, 3.8) is 0 Å². The van der Waals surface area contributed by atoms with Gasteiger partial charge in [-0.3, -0.25) is 0 Å². The molecule has 0 amide bonds. The van der Waals surface area contributed by atoms with Crippen LogP contribution in [0.25, 0.3) is 0 Å². The van der Waals surface area contributed by atoms with Gasteiger partial charge >= 0.3 is 0 Å². The van der Waals surface area contributed by atoms with E-state index < -0.39 is 0 Å². The maximum Gasteiger partial charge on any atom is 0.142 e. The van der Waals surface area contributed by atoms with E-state index in [1.54, 1.807) is 0 Å². The number of ether oxygens (including phenoxy) is 1. The fourth-order valence-corrected chi connectivity index (χ4v) is 1.97. The van der Waals surface area contributed by atoms with Crippen LogP contribution in [0.1, 0.15) is 5.56 Å². The number of hydrogen-bond acceptors (Lipinski definition) is 2. The van der Waals surface area contributed by atoms with Crippen LogP contribution in [0.2, 0.25) is 0 Å². The van der Waals surface area contributed by atoms with E-state index >= 15 is 0 Å². The van der Waals surface area contributed by atoms with Gasteiger partial charge in [0.25, 0.3) is 0 Å². The molecule has 0 saturated carbocycles.